The summed E-state index contributed by atoms with van der Waals surface area (Å²) in [6.45, 7) is 3.70. The predicted octanol–water partition coefficient (Wildman–Crippen LogP) is 2.05. The van der Waals surface area contributed by atoms with Crippen LogP contribution in [0.2, 0.25) is 0 Å². The summed E-state index contributed by atoms with van der Waals surface area (Å²) in [5.41, 5.74) is 2.70. The number of carbonyl (C=O) groups excluding carboxylic acids is 1. The average Bonchev–Trinajstić information content (AvgIpc) is 2.45. The molecule has 2 heteroatoms. The number of rotatable bonds is 1. The van der Waals surface area contributed by atoms with Crippen molar-refractivity contribution in [3.8, 4) is 0 Å². The molecule has 0 spiro atoms. The second-order valence-electron chi connectivity index (χ2n) is 4.01. The zero-order valence-corrected chi connectivity index (χ0v) is 8.90. The molecule has 2 nitrogen and oxygen atoms in total. The summed E-state index contributed by atoms with van der Waals surface area (Å²) in [6.07, 6.45) is -0.896. The molecule has 1 aliphatic carbocycles. The van der Waals surface area contributed by atoms with E-state index in [0.29, 0.717) is 5.57 Å². The van der Waals surface area contributed by atoms with E-state index in [1.165, 1.54) is 0 Å². The Balaban J connectivity index is 2.44. The first kappa shape index (κ1) is 10.1. The van der Waals surface area contributed by atoms with Crippen LogP contribution < -0.4 is 0 Å². The van der Waals surface area contributed by atoms with Crippen molar-refractivity contribution in [1.82, 2.24) is 0 Å². The molecule has 0 saturated heterocycles. The number of aliphatic hydroxyl groups excluding tert-OH is 1. The Kier molecular flexibility index (Phi) is 2.45. The van der Waals surface area contributed by atoms with Gasteiger partial charge in [-0.3, -0.25) is 4.79 Å². The van der Waals surface area contributed by atoms with Crippen LogP contribution in [0.15, 0.2) is 41.5 Å². The highest BCUT2D eigenvalue weighted by molar-refractivity contribution is 6.03. The van der Waals surface area contributed by atoms with Gasteiger partial charge in [0, 0.05) is 5.92 Å². The van der Waals surface area contributed by atoms with Gasteiger partial charge in [-0.05, 0) is 25.0 Å². The third-order valence-corrected chi connectivity index (χ3v) is 3.17. The highest BCUT2D eigenvalue weighted by Crippen LogP contribution is 2.36. The number of Topliss-reactive ketones (excluding diaryl/α,β-unsaturated/α-hetero) is 1. The van der Waals surface area contributed by atoms with Gasteiger partial charge < -0.3 is 5.11 Å². The van der Waals surface area contributed by atoms with E-state index in [4.69, 9.17) is 0 Å². The smallest absolute Gasteiger partial charge is 0.187 e. The molecule has 2 rings (SSSR count). The Morgan fingerprint density at radius 3 is 2.20 bits per heavy atom. The van der Waals surface area contributed by atoms with Crippen molar-refractivity contribution in [1.29, 1.82) is 0 Å². The standard InChI is InChI=1S/C13H14O2/c1-8-9(2)12(14)13(15)11(8)10-6-4-3-5-7-10/h3-7,11,13,15H,1-2H3/t11-,13-/m1/s1. The largest absolute Gasteiger partial charge is 0.384 e. The number of hydrogen-bond donors (Lipinski definition) is 1. The monoisotopic (exact) mass is 202 g/mol. The van der Waals surface area contributed by atoms with E-state index in [2.05, 4.69) is 0 Å². The molecule has 0 unspecified atom stereocenters. The van der Waals surface area contributed by atoms with E-state index >= 15 is 0 Å². The zero-order valence-electron chi connectivity index (χ0n) is 8.90. The second-order valence-corrected chi connectivity index (χ2v) is 4.01. The van der Waals surface area contributed by atoms with Crippen molar-refractivity contribution in [2.75, 3.05) is 0 Å². The van der Waals surface area contributed by atoms with Crippen LogP contribution in [0.25, 0.3) is 0 Å². The third-order valence-electron chi connectivity index (χ3n) is 3.17. The number of carbonyl (C=O) groups is 1. The van der Waals surface area contributed by atoms with Crippen LogP contribution >= 0.6 is 0 Å². The quantitative estimate of drug-likeness (QED) is 0.756. The van der Waals surface area contributed by atoms with Gasteiger partial charge in [0.15, 0.2) is 5.78 Å². The summed E-state index contributed by atoms with van der Waals surface area (Å²) in [6, 6.07) is 9.67. The molecule has 1 N–H and O–H groups in total. The normalized spacial score (nSPS) is 26.2. The molecule has 1 aromatic carbocycles. The predicted molar refractivity (Wildman–Crippen MR) is 58.6 cm³/mol. The fourth-order valence-corrected chi connectivity index (χ4v) is 2.13. The van der Waals surface area contributed by atoms with Crippen LogP contribution in [0.4, 0.5) is 0 Å². The van der Waals surface area contributed by atoms with Crippen LogP contribution in [0, 0.1) is 0 Å². The van der Waals surface area contributed by atoms with E-state index < -0.39 is 6.10 Å². The number of aliphatic hydroxyl groups is 1. The molecular weight excluding hydrogens is 188 g/mol. The van der Waals surface area contributed by atoms with E-state index in [1.54, 1.807) is 6.92 Å². The molecule has 0 aromatic heterocycles. The van der Waals surface area contributed by atoms with Gasteiger partial charge in [0.25, 0.3) is 0 Å². The molecule has 0 radical (unpaired) electrons. The first-order valence-corrected chi connectivity index (χ1v) is 5.07. The summed E-state index contributed by atoms with van der Waals surface area (Å²) >= 11 is 0. The number of ketones is 1. The molecule has 15 heavy (non-hydrogen) atoms. The van der Waals surface area contributed by atoms with E-state index in [9.17, 15) is 9.90 Å². The summed E-state index contributed by atoms with van der Waals surface area (Å²) in [7, 11) is 0. The molecule has 0 fully saturated rings. The lowest BCUT2D eigenvalue weighted by Crippen LogP contribution is -2.21. The minimum Gasteiger partial charge on any atom is -0.384 e. The second kappa shape index (κ2) is 3.63. The first-order chi connectivity index (χ1) is 7.13. The SMILES string of the molecule is CC1=C(C)[C@H](c2ccccc2)[C@@H](O)C1=O. The van der Waals surface area contributed by atoms with Crippen LogP contribution in [0.5, 0.6) is 0 Å². The lowest BCUT2D eigenvalue weighted by atomic mass is 9.91. The zero-order chi connectivity index (χ0) is 11.0. The highest BCUT2D eigenvalue weighted by Gasteiger charge is 2.37. The van der Waals surface area contributed by atoms with Gasteiger partial charge in [-0.2, -0.15) is 0 Å². The lowest BCUT2D eigenvalue weighted by Gasteiger charge is -2.15. The van der Waals surface area contributed by atoms with Crippen LogP contribution in [0.1, 0.15) is 25.3 Å². The summed E-state index contributed by atoms with van der Waals surface area (Å²) in [5, 5.41) is 9.86. The maximum Gasteiger partial charge on any atom is 0.187 e. The maximum atomic E-state index is 11.6. The van der Waals surface area contributed by atoms with Gasteiger partial charge in [-0.25, -0.2) is 0 Å². The molecule has 78 valence electrons. The topological polar surface area (TPSA) is 37.3 Å². The molecule has 0 saturated carbocycles. The fourth-order valence-electron chi connectivity index (χ4n) is 2.13. The Morgan fingerprint density at radius 1 is 1.13 bits per heavy atom. The van der Waals surface area contributed by atoms with Gasteiger partial charge in [0.2, 0.25) is 0 Å². The Hall–Kier alpha value is -1.41. The minimum atomic E-state index is -0.896. The van der Waals surface area contributed by atoms with Crippen molar-refractivity contribution >= 4 is 5.78 Å². The Labute approximate surface area is 89.2 Å². The molecular formula is C13H14O2. The van der Waals surface area contributed by atoms with Crippen molar-refractivity contribution < 1.29 is 9.90 Å². The van der Waals surface area contributed by atoms with Gasteiger partial charge >= 0.3 is 0 Å². The first-order valence-electron chi connectivity index (χ1n) is 5.07. The summed E-state index contributed by atoms with van der Waals surface area (Å²) < 4.78 is 0. The van der Waals surface area contributed by atoms with Crippen molar-refractivity contribution in [2.45, 2.75) is 25.9 Å². The van der Waals surface area contributed by atoms with Crippen LogP contribution in [-0.2, 0) is 4.79 Å². The lowest BCUT2D eigenvalue weighted by molar-refractivity contribution is -0.122. The van der Waals surface area contributed by atoms with Crippen molar-refractivity contribution in [2.24, 2.45) is 0 Å². The number of benzene rings is 1. The third kappa shape index (κ3) is 1.51. The average molecular weight is 202 g/mol. The summed E-state index contributed by atoms with van der Waals surface area (Å²) in [4.78, 5) is 11.6. The minimum absolute atomic E-state index is 0.138. The molecule has 0 aliphatic heterocycles. The van der Waals surface area contributed by atoms with Gasteiger partial charge in [0.1, 0.15) is 6.10 Å². The molecule has 0 amide bonds. The molecule has 1 aliphatic rings. The van der Waals surface area contributed by atoms with Gasteiger partial charge in [-0.15, -0.1) is 0 Å². The maximum absolute atomic E-state index is 11.6. The van der Waals surface area contributed by atoms with Gasteiger partial charge in [-0.1, -0.05) is 35.9 Å². The highest BCUT2D eigenvalue weighted by atomic mass is 16.3. The van der Waals surface area contributed by atoms with Crippen LogP contribution in [-0.4, -0.2) is 17.0 Å². The number of hydrogen-bond acceptors (Lipinski definition) is 2. The fraction of sp³-hybridized carbons (Fsp3) is 0.308. The van der Waals surface area contributed by atoms with Crippen molar-refractivity contribution in [3.63, 3.8) is 0 Å². The van der Waals surface area contributed by atoms with Crippen LogP contribution in [0.3, 0.4) is 0 Å². The van der Waals surface area contributed by atoms with E-state index in [1.807, 2.05) is 37.3 Å². The van der Waals surface area contributed by atoms with E-state index in [0.717, 1.165) is 11.1 Å². The van der Waals surface area contributed by atoms with Gasteiger partial charge in [0.05, 0.1) is 0 Å². The molecule has 1 aromatic rings. The van der Waals surface area contributed by atoms with E-state index in [-0.39, 0.29) is 11.7 Å². The Morgan fingerprint density at radius 2 is 1.73 bits per heavy atom. The summed E-state index contributed by atoms with van der Waals surface area (Å²) in [5.74, 6) is -0.292. The molecule has 0 heterocycles. The van der Waals surface area contributed by atoms with Crippen molar-refractivity contribution in [3.05, 3.63) is 47.0 Å². The Bertz CT molecular complexity index is 417. The molecule has 2 atom stereocenters. The molecule has 0 bridgehead atoms.